The highest BCUT2D eigenvalue weighted by Crippen LogP contribution is 2.67. The first-order chi connectivity index (χ1) is 10.9. The zero-order valence-corrected chi connectivity index (χ0v) is 14.6. The Hall–Kier alpha value is -0.890. The summed E-state index contributed by atoms with van der Waals surface area (Å²) in [5, 5.41) is 11.2. The largest absolute Gasteiger partial charge is 0.385 e. The number of allylic oxidation sites excluding steroid dienone is 1. The molecule has 0 aliphatic heterocycles. The third-order valence-corrected chi connectivity index (χ3v) is 8.26. The van der Waals surface area contributed by atoms with Gasteiger partial charge in [-0.05, 0) is 87.2 Å². The van der Waals surface area contributed by atoms with Gasteiger partial charge < -0.3 is 5.11 Å². The fourth-order valence-electron chi connectivity index (χ4n) is 6.95. The number of rotatable bonds is 1. The normalized spacial score (nSPS) is 49.3. The topological polar surface area (TPSA) is 37.3 Å². The van der Waals surface area contributed by atoms with Gasteiger partial charge in [0.15, 0.2) is 5.78 Å². The molecule has 1 N–H and O–H groups in total. The van der Waals surface area contributed by atoms with Gasteiger partial charge in [0.25, 0.3) is 0 Å². The van der Waals surface area contributed by atoms with Gasteiger partial charge in [0, 0.05) is 11.8 Å². The number of ketones is 1. The van der Waals surface area contributed by atoms with Gasteiger partial charge in [0.05, 0.1) is 5.60 Å². The minimum absolute atomic E-state index is 0.0386. The Morgan fingerprint density at radius 1 is 1.26 bits per heavy atom. The molecule has 0 heterocycles. The molecular weight excluding hydrogens is 284 g/mol. The molecule has 0 aromatic carbocycles. The first-order valence-corrected chi connectivity index (χ1v) is 9.54. The molecular formula is C21H30O2. The molecule has 0 radical (unpaired) electrons. The summed E-state index contributed by atoms with van der Waals surface area (Å²) in [6, 6.07) is 0. The van der Waals surface area contributed by atoms with Crippen molar-refractivity contribution in [2.45, 2.75) is 70.8 Å². The van der Waals surface area contributed by atoms with Crippen LogP contribution < -0.4 is 0 Å². The SMILES string of the molecule is C=C1CC2C3CCC4=CC(=O)CCC4C3CCC2(CC)[C@]1(C)O. The molecule has 0 aromatic heterocycles. The Morgan fingerprint density at radius 2 is 2.04 bits per heavy atom. The van der Waals surface area contributed by atoms with Crippen molar-refractivity contribution in [1.29, 1.82) is 0 Å². The Balaban J connectivity index is 1.69. The van der Waals surface area contributed by atoms with Crippen LogP contribution in [0.3, 0.4) is 0 Å². The Morgan fingerprint density at radius 3 is 2.78 bits per heavy atom. The van der Waals surface area contributed by atoms with E-state index in [2.05, 4.69) is 13.5 Å². The minimum Gasteiger partial charge on any atom is -0.385 e. The molecule has 6 atom stereocenters. The quantitative estimate of drug-likeness (QED) is 0.727. The molecule has 3 fully saturated rings. The van der Waals surface area contributed by atoms with E-state index in [0.29, 0.717) is 23.5 Å². The van der Waals surface area contributed by atoms with Gasteiger partial charge in [-0.2, -0.15) is 0 Å². The van der Waals surface area contributed by atoms with Gasteiger partial charge in [0.2, 0.25) is 0 Å². The lowest BCUT2D eigenvalue weighted by Crippen LogP contribution is -2.53. The molecule has 23 heavy (non-hydrogen) atoms. The zero-order valence-electron chi connectivity index (χ0n) is 14.6. The van der Waals surface area contributed by atoms with Gasteiger partial charge in [-0.3, -0.25) is 4.79 Å². The molecule has 5 unspecified atom stereocenters. The van der Waals surface area contributed by atoms with Crippen molar-refractivity contribution in [3.8, 4) is 0 Å². The van der Waals surface area contributed by atoms with E-state index in [1.807, 2.05) is 13.0 Å². The average molecular weight is 314 g/mol. The van der Waals surface area contributed by atoms with Crippen LogP contribution in [0.25, 0.3) is 0 Å². The summed E-state index contributed by atoms with van der Waals surface area (Å²) in [4.78, 5) is 11.8. The molecule has 2 heteroatoms. The fourth-order valence-corrected chi connectivity index (χ4v) is 6.95. The van der Waals surface area contributed by atoms with Gasteiger partial charge in [-0.25, -0.2) is 0 Å². The van der Waals surface area contributed by atoms with Crippen molar-refractivity contribution in [1.82, 2.24) is 0 Å². The second-order valence-corrected chi connectivity index (χ2v) is 8.73. The lowest BCUT2D eigenvalue weighted by Gasteiger charge is -2.56. The van der Waals surface area contributed by atoms with E-state index in [-0.39, 0.29) is 5.41 Å². The van der Waals surface area contributed by atoms with Crippen LogP contribution in [0.4, 0.5) is 0 Å². The first kappa shape index (κ1) is 15.6. The molecule has 0 spiro atoms. The van der Waals surface area contributed by atoms with Crippen molar-refractivity contribution in [2.24, 2.45) is 29.1 Å². The molecule has 126 valence electrons. The van der Waals surface area contributed by atoms with Crippen LogP contribution in [0, 0.1) is 29.1 Å². The van der Waals surface area contributed by atoms with Gasteiger partial charge in [-0.1, -0.05) is 19.1 Å². The standard InChI is InChI=1S/C21H30O2/c1-4-21-10-9-17-16-8-6-15(22)12-14(16)5-7-18(17)19(21)11-13(2)20(21,3)23/h12,16-19,23H,2,4-11H2,1,3H3/t16?,17?,18?,19?,20-,21?/m1/s1. The Labute approximate surface area is 140 Å². The summed E-state index contributed by atoms with van der Waals surface area (Å²) in [6.07, 6.45) is 10.5. The number of carbonyl (C=O) groups is 1. The molecule has 2 nitrogen and oxygen atoms in total. The van der Waals surface area contributed by atoms with Crippen molar-refractivity contribution in [2.75, 3.05) is 0 Å². The highest BCUT2D eigenvalue weighted by atomic mass is 16.3. The molecule has 4 rings (SSSR count). The first-order valence-electron chi connectivity index (χ1n) is 9.54. The summed E-state index contributed by atoms with van der Waals surface area (Å²) < 4.78 is 0. The highest BCUT2D eigenvalue weighted by Gasteiger charge is 2.63. The van der Waals surface area contributed by atoms with E-state index < -0.39 is 5.60 Å². The summed E-state index contributed by atoms with van der Waals surface area (Å²) >= 11 is 0. The van der Waals surface area contributed by atoms with Crippen LogP contribution in [0.5, 0.6) is 0 Å². The average Bonchev–Trinajstić information content (AvgIpc) is 2.74. The summed E-state index contributed by atoms with van der Waals surface area (Å²) in [6.45, 7) is 8.53. The minimum atomic E-state index is -0.698. The van der Waals surface area contributed by atoms with E-state index >= 15 is 0 Å². The van der Waals surface area contributed by atoms with E-state index in [0.717, 1.165) is 50.0 Å². The lowest BCUT2D eigenvalue weighted by molar-refractivity contribution is -0.118. The maximum Gasteiger partial charge on any atom is 0.155 e. The third kappa shape index (κ3) is 1.94. The van der Waals surface area contributed by atoms with Crippen LogP contribution in [0.2, 0.25) is 0 Å². The van der Waals surface area contributed by atoms with Crippen LogP contribution in [-0.2, 0) is 4.79 Å². The van der Waals surface area contributed by atoms with E-state index in [4.69, 9.17) is 0 Å². The maximum absolute atomic E-state index is 11.8. The van der Waals surface area contributed by atoms with Crippen molar-refractivity contribution >= 4 is 5.78 Å². The maximum atomic E-state index is 11.8. The van der Waals surface area contributed by atoms with E-state index in [1.54, 1.807) is 0 Å². The van der Waals surface area contributed by atoms with Gasteiger partial charge in [-0.15, -0.1) is 0 Å². The summed E-state index contributed by atoms with van der Waals surface area (Å²) in [5.74, 6) is 3.01. The highest BCUT2D eigenvalue weighted by molar-refractivity contribution is 5.91. The van der Waals surface area contributed by atoms with Gasteiger partial charge >= 0.3 is 0 Å². The molecule has 0 saturated heterocycles. The van der Waals surface area contributed by atoms with Crippen molar-refractivity contribution in [3.63, 3.8) is 0 Å². The molecule has 0 amide bonds. The smallest absolute Gasteiger partial charge is 0.155 e. The molecule has 4 aliphatic carbocycles. The van der Waals surface area contributed by atoms with Crippen LogP contribution in [0.15, 0.2) is 23.8 Å². The van der Waals surface area contributed by atoms with Gasteiger partial charge in [0.1, 0.15) is 0 Å². The van der Waals surface area contributed by atoms with Crippen molar-refractivity contribution < 1.29 is 9.90 Å². The van der Waals surface area contributed by atoms with Crippen LogP contribution in [-0.4, -0.2) is 16.5 Å². The molecule has 0 bridgehead atoms. The third-order valence-electron chi connectivity index (χ3n) is 8.26. The molecule has 3 saturated carbocycles. The van der Waals surface area contributed by atoms with Crippen molar-refractivity contribution in [3.05, 3.63) is 23.8 Å². The lowest BCUT2D eigenvalue weighted by atomic mass is 9.49. The summed E-state index contributed by atoms with van der Waals surface area (Å²) in [5.41, 5.74) is 1.84. The second kappa shape index (κ2) is 5.05. The van der Waals surface area contributed by atoms with Crippen LogP contribution >= 0.6 is 0 Å². The number of fused-ring (bicyclic) bond motifs is 5. The Bertz CT molecular complexity index is 585. The second-order valence-electron chi connectivity index (χ2n) is 8.73. The number of hydrogen-bond donors (Lipinski definition) is 1. The zero-order chi connectivity index (χ0) is 16.4. The van der Waals surface area contributed by atoms with Crippen LogP contribution in [0.1, 0.15) is 65.2 Å². The monoisotopic (exact) mass is 314 g/mol. The predicted molar refractivity (Wildman–Crippen MR) is 91.9 cm³/mol. The predicted octanol–water partition coefficient (Wildman–Crippen LogP) is 4.44. The van der Waals surface area contributed by atoms with E-state index in [9.17, 15) is 9.90 Å². The molecule has 0 aromatic rings. The number of hydrogen-bond acceptors (Lipinski definition) is 2. The van der Waals surface area contributed by atoms with E-state index in [1.165, 1.54) is 18.4 Å². The fraction of sp³-hybridized carbons (Fsp3) is 0.762. The molecule has 4 aliphatic rings. The number of carbonyl (C=O) groups excluding carboxylic acids is 1. The summed E-state index contributed by atoms with van der Waals surface area (Å²) in [7, 11) is 0. The Kier molecular flexibility index (Phi) is 3.43. The number of aliphatic hydroxyl groups is 1.